The highest BCUT2D eigenvalue weighted by atomic mass is 31.2. The molecular formula is C43H83NO8P+. The van der Waals surface area contributed by atoms with E-state index in [0.29, 0.717) is 17.4 Å². The van der Waals surface area contributed by atoms with Crippen molar-refractivity contribution in [2.45, 2.75) is 193 Å². The number of unbranched alkanes of at least 4 members (excludes halogenated alkanes) is 21. The maximum Gasteiger partial charge on any atom is 0.472 e. The van der Waals surface area contributed by atoms with Gasteiger partial charge >= 0.3 is 19.8 Å². The van der Waals surface area contributed by atoms with E-state index >= 15 is 0 Å². The normalized spacial score (nSPS) is 13.8. The van der Waals surface area contributed by atoms with Gasteiger partial charge in [-0.15, -0.1) is 0 Å². The molecule has 312 valence electrons. The van der Waals surface area contributed by atoms with E-state index in [0.717, 1.165) is 70.6 Å². The van der Waals surface area contributed by atoms with E-state index in [1.54, 1.807) is 0 Å². The fraction of sp³-hybridized carbons (Fsp3) is 0.860. The third kappa shape index (κ3) is 40.0. The van der Waals surface area contributed by atoms with Crippen molar-refractivity contribution >= 4 is 19.8 Å². The van der Waals surface area contributed by atoms with Gasteiger partial charge in [0.25, 0.3) is 0 Å². The molecule has 1 N–H and O–H groups in total. The Bertz CT molecular complexity index is 964. The van der Waals surface area contributed by atoms with Crippen LogP contribution >= 0.6 is 7.82 Å². The number of hydrogen-bond acceptors (Lipinski definition) is 7. The molecule has 0 aromatic heterocycles. The van der Waals surface area contributed by atoms with E-state index in [1.165, 1.54) is 83.5 Å². The van der Waals surface area contributed by atoms with Gasteiger partial charge < -0.3 is 18.9 Å². The van der Waals surface area contributed by atoms with Crippen molar-refractivity contribution in [2.24, 2.45) is 0 Å². The lowest BCUT2D eigenvalue weighted by atomic mass is 10.1. The van der Waals surface area contributed by atoms with Gasteiger partial charge in [-0.05, 0) is 64.2 Å². The lowest BCUT2D eigenvalue weighted by molar-refractivity contribution is -0.870. The van der Waals surface area contributed by atoms with Crippen LogP contribution in [0.4, 0.5) is 0 Å². The Labute approximate surface area is 326 Å². The summed E-state index contributed by atoms with van der Waals surface area (Å²) in [7, 11) is 1.47. The van der Waals surface area contributed by atoms with Crippen molar-refractivity contribution in [3.63, 3.8) is 0 Å². The van der Waals surface area contributed by atoms with Crippen LogP contribution < -0.4 is 0 Å². The molecular weight excluding hydrogens is 689 g/mol. The maximum atomic E-state index is 12.7. The first kappa shape index (κ1) is 51.5. The van der Waals surface area contributed by atoms with Gasteiger partial charge in [-0.25, -0.2) is 4.57 Å². The van der Waals surface area contributed by atoms with Crippen LogP contribution in [0, 0.1) is 0 Å². The first-order valence-electron chi connectivity index (χ1n) is 21.6. The second kappa shape index (κ2) is 36.1. The van der Waals surface area contributed by atoms with Crippen LogP contribution in [0.3, 0.4) is 0 Å². The first-order chi connectivity index (χ1) is 25.5. The zero-order chi connectivity index (χ0) is 39.3. The Balaban J connectivity index is 4.40. The van der Waals surface area contributed by atoms with Crippen LogP contribution in [0.1, 0.15) is 187 Å². The van der Waals surface area contributed by atoms with Crippen molar-refractivity contribution in [2.75, 3.05) is 47.5 Å². The summed E-state index contributed by atoms with van der Waals surface area (Å²) >= 11 is 0. The van der Waals surface area contributed by atoms with E-state index in [9.17, 15) is 19.0 Å². The molecule has 0 aliphatic carbocycles. The highest BCUT2D eigenvalue weighted by Crippen LogP contribution is 2.43. The van der Waals surface area contributed by atoms with Gasteiger partial charge in [0.2, 0.25) is 0 Å². The number of likely N-dealkylation sites (N-methyl/N-ethyl adjacent to an activating group) is 1. The lowest BCUT2D eigenvalue weighted by Gasteiger charge is -2.24. The molecule has 9 nitrogen and oxygen atoms in total. The third-order valence-electron chi connectivity index (χ3n) is 9.20. The summed E-state index contributed by atoms with van der Waals surface area (Å²) in [5.74, 6) is -0.819. The topological polar surface area (TPSA) is 108 Å². The van der Waals surface area contributed by atoms with Gasteiger partial charge in [-0.1, -0.05) is 134 Å². The van der Waals surface area contributed by atoms with Crippen LogP contribution in [-0.4, -0.2) is 74.9 Å². The molecule has 0 aromatic rings. The number of phosphoric ester groups is 1. The quantitative estimate of drug-likeness (QED) is 0.0216. The minimum atomic E-state index is -4.37. The van der Waals surface area contributed by atoms with Gasteiger partial charge in [0.1, 0.15) is 19.8 Å². The Kier molecular flexibility index (Phi) is 35.1. The average molecular weight is 773 g/mol. The van der Waals surface area contributed by atoms with Gasteiger partial charge in [0, 0.05) is 12.8 Å². The molecule has 0 saturated heterocycles. The fourth-order valence-electron chi connectivity index (χ4n) is 5.77. The zero-order valence-corrected chi connectivity index (χ0v) is 35.9. The van der Waals surface area contributed by atoms with E-state index in [1.807, 2.05) is 21.1 Å². The Hall–Kier alpha value is -1.51. The molecule has 0 radical (unpaired) electrons. The lowest BCUT2D eigenvalue weighted by Crippen LogP contribution is -2.37. The molecule has 0 amide bonds. The smallest absolute Gasteiger partial charge is 0.462 e. The van der Waals surface area contributed by atoms with Crippen molar-refractivity contribution in [1.82, 2.24) is 0 Å². The predicted octanol–water partition coefficient (Wildman–Crippen LogP) is 12.0. The van der Waals surface area contributed by atoms with Crippen LogP contribution in [0.5, 0.6) is 0 Å². The van der Waals surface area contributed by atoms with E-state index in [4.69, 9.17) is 18.5 Å². The van der Waals surface area contributed by atoms with E-state index < -0.39 is 26.5 Å². The monoisotopic (exact) mass is 773 g/mol. The van der Waals surface area contributed by atoms with Gasteiger partial charge in [-0.2, -0.15) is 0 Å². The largest absolute Gasteiger partial charge is 0.472 e. The van der Waals surface area contributed by atoms with Crippen molar-refractivity contribution < 1.29 is 42.1 Å². The van der Waals surface area contributed by atoms with Crippen molar-refractivity contribution in [1.29, 1.82) is 0 Å². The average Bonchev–Trinajstić information content (AvgIpc) is 3.10. The Morgan fingerprint density at radius 2 is 0.962 bits per heavy atom. The molecule has 0 spiro atoms. The molecule has 0 fully saturated rings. The number of carbonyl (C=O) groups excluding carboxylic acids is 2. The molecule has 2 unspecified atom stereocenters. The summed E-state index contributed by atoms with van der Waals surface area (Å²) in [4.78, 5) is 35.3. The summed E-state index contributed by atoms with van der Waals surface area (Å²) in [5, 5.41) is 0. The molecule has 53 heavy (non-hydrogen) atoms. The number of rotatable bonds is 39. The molecule has 0 aliphatic rings. The Morgan fingerprint density at radius 3 is 1.40 bits per heavy atom. The number of ether oxygens (including phenoxy) is 2. The number of quaternary nitrogens is 1. The number of phosphoric acid groups is 1. The number of hydrogen-bond donors (Lipinski definition) is 1. The second-order valence-corrected chi connectivity index (χ2v) is 17.2. The first-order valence-corrected chi connectivity index (χ1v) is 23.1. The van der Waals surface area contributed by atoms with Crippen LogP contribution in [-0.2, 0) is 32.7 Å². The maximum absolute atomic E-state index is 12.7. The van der Waals surface area contributed by atoms with E-state index in [-0.39, 0.29) is 32.0 Å². The van der Waals surface area contributed by atoms with Crippen LogP contribution in [0.2, 0.25) is 0 Å². The van der Waals surface area contributed by atoms with Gasteiger partial charge in [0.15, 0.2) is 6.10 Å². The minimum absolute atomic E-state index is 0.0294. The third-order valence-corrected chi connectivity index (χ3v) is 10.2. The van der Waals surface area contributed by atoms with Crippen molar-refractivity contribution in [3.8, 4) is 0 Å². The molecule has 0 rings (SSSR count). The molecule has 0 heterocycles. The predicted molar refractivity (Wildman–Crippen MR) is 220 cm³/mol. The van der Waals surface area contributed by atoms with E-state index in [2.05, 4.69) is 38.2 Å². The zero-order valence-electron chi connectivity index (χ0n) is 35.0. The standard InChI is InChI=1S/C43H82NO8P/c1-6-8-10-12-14-16-18-20-22-24-26-28-30-32-34-36-43(46)52-41(40-51-53(47,48)50-38-37-44(3,4)5)39-49-42(45)35-33-31-29-27-25-23-21-19-17-15-13-11-9-7-2/h20-23,41H,6-19,24-40H2,1-5H3/p+1/b22-20-,23-21-. The number of nitrogens with zero attached hydrogens (tertiary/aromatic N) is 1. The SMILES string of the molecule is CCCCCCCC/C=C\CCCCCCCC(=O)OC(COC(=O)CCCCCC/C=C\CCCCCCCC)COP(=O)(O)OCC[N+](C)(C)C. The summed E-state index contributed by atoms with van der Waals surface area (Å²) in [6, 6.07) is 0. The molecule has 2 atom stereocenters. The molecule has 0 aliphatic heterocycles. The van der Waals surface area contributed by atoms with Gasteiger partial charge in [-0.3, -0.25) is 18.6 Å². The number of esters is 2. The Morgan fingerprint density at radius 1 is 0.566 bits per heavy atom. The summed E-state index contributed by atoms with van der Waals surface area (Å²) < 4.78 is 34.2. The minimum Gasteiger partial charge on any atom is -0.462 e. The van der Waals surface area contributed by atoms with Crippen molar-refractivity contribution in [3.05, 3.63) is 24.3 Å². The van der Waals surface area contributed by atoms with Gasteiger partial charge in [0.05, 0.1) is 27.7 Å². The number of allylic oxidation sites excluding steroid dienone is 4. The summed E-state index contributed by atoms with van der Waals surface area (Å²) in [5.41, 5.74) is 0. The fourth-order valence-corrected chi connectivity index (χ4v) is 6.51. The molecule has 10 heteroatoms. The summed E-state index contributed by atoms with van der Waals surface area (Å²) in [6.45, 7) is 4.39. The number of carbonyl (C=O) groups is 2. The highest BCUT2D eigenvalue weighted by molar-refractivity contribution is 7.47. The van der Waals surface area contributed by atoms with Crippen LogP contribution in [0.25, 0.3) is 0 Å². The highest BCUT2D eigenvalue weighted by Gasteiger charge is 2.27. The second-order valence-electron chi connectivity index (χ2n) is 15.7. The molecule has 0 aromatic carbocycles. The molecule has 0 saturated carbocycles. The summed E-state index contributed by atoms with van der Waals surface area (Å²) in [6.07, 6.45) is 37.9. The molecule has 0 bridgehead atoms. The van der Waals surface area contributed by atoms with Crippen LogP contribution in [0.15, 0.2) is 24.3 Å².